The maximum absolute atomic E-state index is 11.9. The normalized spacial score (nSPS) is 11.7. The molecule has 2 amide bonds. The third-order valence-corrected chi connectivity index (χ3v) is 3.79. The lowest BCUT2D eigenvalue weighted by molar-refractivity contribution is 0.171. The Hall–Kier alpha value is -2.24. The van der Waals surface area contributed by atoms with Crippen LogP contribution >= 0.6 is 11.6 Å². The molecule has 0 spiro atoms. The topological polar surface area (TPSA) is 70.6 Å². The first-order valence-corrected chi connectivity index (χ1v) is 7.51. The molecule has 0 radical (unpaired) electrons. The van der Waals surface area contributed by atoms with E-state index in [-0.39, 0.29) is 6.54 Å². The van der Waals surface area contributed by atoms with E-state index in [1.54, 1.807) is 30.3 Å². The van der Waals surface area contributed by atoms with Gasteiger partial charge in [-0.05, 0) is 30.7 Å². The van der Waals surface area contributed by atoms with E-state index in [0.717, 1.165) is 5.56 Å². The number of halogens is 1. The Morgan fingerprint density at radius 1 is 1.30 bits per heavy atom. The van der Waals surface area contributed by atoms with Crippen molar-refractivity contribution in [1.82, 2.24) is 5.32 Å². The van der Waals surface area contributed by atoms with Crippen LogP contribution in [0.5, 0.6) is 5.75 Å². The highest BCUT2D eigenvalue weighted by Crippen LogP contribution is 2.24. The Balaban J connectivity index is 1.92. The summed E-state index contributed by atoms with van der Waals surface area (Å²) in [6.45, 7) is 1.95. The molecular formula is C17H19ClN2O3. The number of aliphatic hydroxyl groups is 1. The van der Waals surface area contributed by atoms with Gasteiger partial charge in [-0.2, -0.15) is 0 Å². The van der Waals surface area contributed by atoms with E-state index in [1.807, 2.05) is 19.1 Å². The smallest absolute Gasteiger partial charge is 0.319 e. The molecule has 23 heavy (non-hydrogen) atoms. The lowest BCUT2D eigenvalue weighted by atomic mass is 10.1. The zero-order valence-electron chi connectivity index (χ0n) is 13.0. The fourth-order valence-electron chi connectivity index (χ4n) is 2.09. The largest absolute Gasteiger partial charge is 0.496 e. The molecule has 0 unspecified atom stereocenters. The van der Waals surface area contributed by atoms with Crippen molar-refractivity contribution >= 4 is 23.3 Å². The van der Waals surface area contributed by atoms with Crippen molar-refractivity contribution in [3.8, 4) is 5.75 Å². The summed E-state index contributed by atoms with van der Waals surface area (Å²) in [7, 11) is 1.53. The van der Waals surface area contributed by atoms with Crippen molar-refractivity contribution in [3.05, 3.63) is 58.6 Å². The van der Waals surface area contributed by atoms with Crippen LogP contribution in [-0.4, -0.2) is 24.8 Å². The molecule has 0 aliphatic rings. The molecule has 0 saturated carbocycles. The number of aliphatic hydroxyl groups excluding tert-OH is 1. The van der Waals surface area contributed by atoms with E-state index in [2.05, 4.69) is 10.6 Å². The second-order valence-electron chi connectivity index (χ2n) is 5.06. The summed E-state index contributed by atoms with van der Waals surface area (Å²) in [5.41, 5.74) is 2.14. The molecule has 3 N–H and O–H groups in total. The van der Waals surface area contributed by atoms with Crippen LogP contribution in [-0.2, 0) is 0 Å². The molecule has 2 aromatic carbocycles. The number of urea groups is 1. The highest BCUT2D eigenvalue weighted by atomic mass is 35.5. The number of para-hydroxylation sites is 1. The molecule has 2 aromatic rings. The maximum atomic E-state index is 11.9. The fraction of sp³-hybridized carbons (Fsp3) is 0.235. The SMILES string of the molecule is COc1ccccc1[C@H](O)CNC(=O)Nc1ccc(C)c(Cl)c1. The average molecular weight is 335 g/mol. The number of methoxy groups -OCH3 is 1. The summed E-state index contributed by atoms with van der Waals surface area (Å²) < 4.78 is 5.19. The summed E-state index contributed by atoms with van der Waals surface area (Å²) in [5.74, 6) is 0.576. The van der Waals surface area contributed by atoms with Crippen LogP contribution < -0.4 is 15.4 Å². The first-order chi connectivity index (χ1) is 11.0. The van der Waals surface area contributed by atoms with Crippen molar-refractivity contribution in [1.29, 1.82) is 0 Å². The average Bonchev–Trinajstić information content (AvgIpc) is 2.56. The zero-order valence-corrected chi connectivity index (χ0v) is 13.7. The van der Waals surface area contributed by atoms with E-state index in [0.29, 0.717) is 22.0 Å². The van der Waals surface area contributed by atoms with Crippen LogP contribution in [0.3, 0.4) is 0 Å². The molecule has 0 fully saturated rings. The summed E-state index contributed by atoms with van der Waals surface area (Å²) in [6.07, 6.45) is -0.862. The number of aryl methyl sites for hydroxylation is 1. The fourth-order valence-corrected chi connectivity index (χ4v) is 2.27. The van der Waals surface area contributed by atoms with Crippen molar-refractivity contribution < 1.29 is 14.6 Å². The Kier molecular flexibility index (Phi) is 5.84. The van der Waals surface area contributed by atoms with Gasteiger partial charge in [-0.1, -0.05) is 35.9 Å². The van der Waals surface area contributed by atoms with Gasteiger partial charge >= 0.3 is 6.03 Å². The number of hydrogen-bond acceptors (Lipinski definition) is 3. The molecule has 0 aliphatic heterocycles. The first kappa shape index (κ1) is 17.1. The third kappa shape index (κ3) is 4.61. The quantitative estimate of drug-likeness (QED) is 0.783. The summed E-state index contributed by atoms with van der Waals surface area (Å²) in [6, 6.07) is 12.0. The number of nitrogens with one attached hydrogen (secondary N) is 2. The van der Waals surface area contributed by atoms with Gasteiger partial charge in [0.2, 0.25) is 0 Å². The van der Waals surface area contributed by atoms with Gasteiger partial charge in [0.05, 0.1) is 13.2 Å². The minimum atomic E-state index is -0.862. The zero-order chi connectivity index (χ0) is 16.8. The molecule has 2 rings (SSSR count). The number of anilines is 1. The molecule has 0 saturated heterocycles. The minimum absolute atomic E-state index is 0.0613. The third-order valence-electron chi connectivity index (χ3n) is 3.38. The number of carbonyl (C=O) groups is 1. The monoisotopic (exact) mass is 334 g/mol. The van der Waals surface area contributed by atoms with Crippen LogP contribution in [0.25, 0.3) is 0 Å². The maximum Gasteiger partial charge on any atom is 0.319 e. The molecule has 122 valence electrons. The predicted octanol–water partition coefficient (Wildman–Crippen LogP) is 3.51. The number of carbonyl (C=O) groups excluding carboxylic acids is 1. The lowest BCUT2D eigenvalue weighted by Gasteiger charge is -2.15. The van der Waals surface area contributed by atoms with Crippen LogP contribution in [0, 0.1) is 6.92 Å². The second kappa shape index (κ2) is 7.85. The first-order valence-electron chi connectivity index (χ1n) is 7.13. The molecule has 6 heteroatoms. The van der Waals surface area contributed by atoms with Gasteiger partial charge in [-0.25, -0.2) is 4.79 Å². The molecule has 5 nitrogen and oxygen atoms in total. The van der Waals surface area contributed by atoms with E-state index >= 15 is 0 Å². The Bertz CT molecular complexity index is 691. The molecule has 0 bridgehead atoms. The number of amides is 2. The van der Waals surface area contributed by atoms with Gasteiger partial charge in [0, 0.05) is 22.8 Å². The van der Waals surface area contributed by atoms with E-state index in [1.165, 1.54) is 7.11 Å². The highest BCUT2D eigenvalue weighted by molar-refractivity contribution is 6.31. The van der Waals surface area contributed by atoms with Crippen LogP contribution in [0.15, 0.2) is 42.5 Å². The summed E-state index contributed by atoms with van der Waals surface area (Å²) in [4.78, 5) is 11.9. The standard InChI is InChI=1S/C17H19ClN2O3/c1-11-7-8-12(9-14(11)18)20-17(22)19-10-15(21)13-5-3-4-6-16(13)23-2/h3-9,15,21H,10H2,1-2H3,(H2,19,20,22)/t15-/m1/s1. The Morgan fingerprint density at radius 3 is 2.74 bits per heavy atom. The van der Waals surface area contributed by atoms with Crippen LogP contribution in [0.2, 0.25) is 5.02 Å². The lowest BCUT2D eigenvalue weighted by Crippen LogP contribution is -2.32. The molecular weight excluding hydrogens is 316 g/mol. The minimum Gasteiger partial charge on any atom is -0.496 e. The van der Waals surface area contributed by atoms with Gasteiger partial charge in [0.25, 0.3) is 0 Å². The Morgan fingerprint density at radius 2 is 2.04 bits per heavy atom. The van der Waals surface area contributed by atoms with Gasteiger partial charge < -0.3 is 20.5 Å². The predicted molar refractivity (Wildman–Crippen MR) is 91.2 cm³/mol. The van der Waals surface area contributed by atoms with E-state index < -0.39 is 12.1 Å². The van der Waals surface area contributed by atoms with Crippen molar-refractivity contribution in [2.75, 3.05) is 19.0 Å². The van der Waals surface area contributed by atoms with Gasteiger partial charge in [-0.3, -0.25) is 0 Å². The van der Waals surface area contributed by atoms with Gasteiger partial charge in [-0.15, -0.1) is 0 Å². The van der Waals surface area contributed by atoms with E-state index in [4.69, 9.17) is 16.3 Å². The van der Waals surface area contributed by atoms with Gasteiger partial charge in [0.1, 0.15) is 5.75 Å². The number of benzene rings is 2. The number of hydrogen-bond donors (Lipinski definition) is 3. The molecule has 0 aromatic heterocycles. The van der Waals surface area contributed by atoms with Crippen LogP contribution in [0.1, 0.15) is 17.2 Å². The van der Waals surface area contributed by atoms with Crippen molar-refractivity contribution in [2.45, 2.75) is 13.0 Å². The van der Waals surface area contributed by atoms with Crippen LogP contribution in [0.4, 0.5) is 10.5 Å². The molecule has 0 heterocycles. The Labute approximate surface area is 140 Å². The second-order valence-corrected chi connectivity index (χ2v) is 5.46. The number of rotatable bonds is 5. The number of ether oxygens (including phenoxy) is 1. The van der Waals surface area contributed by atoms with Crippen molar-refractivity contribution in [2.24, 2.45) is 0 Å². The molecule has 0 aliphatic carbocycles. The van der Waals surface area contributed by atoms with E-state index in [9.17, 15) is 9.90 Å². The summed E-state index contributed by atoms with van der Waals surface area (Å²) in [5, 5.41) is 16.0. The highest BCUT2D eigenvalue weighted by Gasteiger charge is 2.14. The van der Waals surface area contributed by atoms with Gasteiger partial charge in [0.15, 0.2) is 0 Å². The van der Waals surface area contributed by atoms with Crippen molar-refractivity contribution in [3.63, 3.8) is 0 Å². The molecule has 1 atom stereocenters. The summed E-state index contributed by atoms with van der Waals surface area (Å²) >= 11 is 6.01.